The second-order valence-corrected chi connectivity index (χ2v) is 4.27. The van der Waals surface area contributed by atoms with Gasteiger partial charge in [0.1, 0.15) is 5.56 Å². The van der Waals surface area contributed by atoms with Gasteiger partial charge in [0.05, 0.1) is 22.9 Å². The van der Waals surface area contributed by atoms with Gasteiger partial charge in [-0.2, -0.15) is 0 Å². The SMILES string of the molecule is Nc1cnccc1C(=O)c1cc2c(cc1[N+](=O)[O-])OCO2. The molecule has 3 rings (SSSR count). The molecule has 0 fully saturated rings. The van der Waals surface area contributed by atoms with Crippen LogP contribution in [0.15, 0.2) is 30.6 Å². The van der Waals surface area contributed by atoms with E-state index in [1.807, 2.05) is 0 Å². The van der Waals surface area contributed by atoms with Gasteiger partial charge < -0.3 is 15.2 Å². The second kappa shape index (κ2) is 4.75. The van der Waals surface area contributed by atoms with Gasteiger partial charge in [-0.3, -0.25) is 19.9 Å². The molecule has 1 aromatic carbocycles. The van der Waals surface area contributed by atoms with E-state index in [1.165, 1.54) is 30.6 Å². The molecule has 0 atom stereocenters. The summed E-state index contributed by atoms with van der Waals surface area (Å²) >= 11 is 0. The standard InChI is InChI=1S/C13H9N3O5/c14-9-5-15-2-1-7(9)13(17)8-3-11-12(21-6-20-11)4-10(8)16(18)19/h1-5H,6,14H2. The molecule has 8 heteroatoms. The maximum absolute atomic E-state index is 12.5. The molecular formula is C13H9N3O5. The Balaban J connectivity index is 2.16. The quantitative estimate of drug-likeness (QED) is 0.516. The summed E-state index contributed by atoms with van der Waals surface area (Å²) in [6, 6.07) is 3.88. The lowest BCUT2D eigenvalue weighted by molar-refractivity contribution is -0.385. The minimum absolute atomic E-state index is 0.0402. The Morgan fingerprint density at radius 1 is 1.29 bits per heavy atom. The van der Waals surface area contributed by atoms with Gasteiger partial charge in [-0.15, -0.1) is 0 Å². The number of nitrogen functional groups attached to an aromatic ring is 1. The third-order valence-electron chi connectivity index (χ3n) is 3.03. The number of fused-ring (bicyclic) bond motifs is 1. The van der Waals surface area contributed by atoms with E-state index in [1.54, 1.807) is 0 Å². The number of nitro groups is 1. The van der Waals surface area contributed by atoms with Crippen molar-refractivity contribution in [1.29, 1.82) is 0 Å². The summed E-state index contributed by atoms with van der Waals surface area (Å²) in [5.74, 6) is -0.0440. The van der Waals surface area contributed by atoms with E-state index in [2.05, 4.69) is 4.98 Å². The van der Waals surface area contributed by atoms with Crippen LogP contribution in [-0.4, -0.2) is 22.5 Å². The minimum Gasteiger partial charge on any atom is -0.454 e. The number of rotatable bonds is 3. The highest BCUT2D eigenvalue weighted by molar-refractivity contribution is 6.14. The van der Waals surface area contributed by atoms with E-state index >= 15 is 0 Å². The molecule has 0 saturated carbocycles. The van der Waals surface area contributed by atoms with Crippen LogP contribution in [0.25, 0.3) is 0 Å². The van der Waals surface area contributed by atoms with Gasteiger partial charge in [0.15, 0.2) is 11.5 Å². The average Bonchev–Trinajstić information content (AvgIpc) is 2.93. The number of nitro benzene ring substituents is 1. The van der Waals surface area contributed by atoms with Crippen LogP contribution in [0, 0.1) is 10.1 Å². The lowest BCUT2D eigenvalue weighted by Crippen LogP contribution is -2.08. The van der Waals surface area contributed by atoms with Crippen molar-refractivity contribution in [3.05, 3.63) is 51.8 Å². The largest absolute Gasteiger partial charge is 0.454 e. The fourth-order valence-electron chi connectivity index (χ4n) is 2.02. The van der Waals surface area contributed by atoms with Crippen molar-refractivity contribution in [3.8, 4) is 11.5 Å². The summed E-state index contributed by atoms with van der Waals surface area (Å²) in [5, 5.41) is 11.2. The fourth-order valence-corrected chi connectivity index (χ4v) is 2.02. The molecule has 0 amide bonds. The first kappa shape index (κ1) is 12.9. The molecule has 1 aromatic heterocycles. The Hall–Kier alpha value is -3.16. The number of benzene rings is 1. The first-order chi connectivity index (χ1) is 10.1. The summed E-state index contributed by atoms with van der Waals surface area (Å²) in [4.78, 5) is 26.8. The van der Waals surface area contributed by atoms with Gasteiger partial charge in [0.2, 0.25) is 12.6 Å². The monoisotopic (exact) mass is 287 g/mol. The summed E-state index contributed by atoms with van der Waals surface area (Å²) in [6.07, 6.45) is 2.70. The lowest BCUT2D eigenvalue weighted by Gasteiger charge is -2.06. The molecule has 2 heterocycles. The third kappa shape index (κ3) is 2.12. The van der Waals surface area contributed by atoms with Crippen LogP contribution in [0.3, 0.4) is 0 Å². The number of nitrogens with two attached hydrogens (primary N) is 1. The second-order valence-electron chi connectivity index (χ2n) is 4.27. The van der Waals surface area contributed by atoms with Gasteiger partial charge >= 0.3 is 0 Å². The molecule has 0 saturated heterocycles. The smallest absolute Gasteiger partial charge is 0.284 e. The fraction of sp³-hybridized carbons (Fsp3) is 0.0769. The van der Waals surface area contributed by atoms with Crippen molar-refractivity contribution < 1.29 is 19.2 Å². The molecule has 0 spiro atoms. The lowest BCUT2D eigenvalue weighted by atomic mass is 10.0. The maximum atomic E-state index is 12.5. The number of carbonyl (C=O) groups is 1. The van der Waals surface area contributed by atoms with Gasteiger partial charge in [-0.25, -0.2) is 0 Å². The number of hydrogen-bond donors (Lipinski definition) is 1. The molecule has 1 aliphatic heterocycles. The Kier molecular flexibility index (Phi) is 2.90. The van der Waals surface area contributed by atoms with Crippen molar-refractivity contribution >= 4 is 17.2 Å². The molecule has 8 nitrogen and oxygen atoms in total. The molecule has 2 N–H and O–H groups in total. The van der Waals surface area contributed by atoms with Gasteiger partial charge in [0.25, 0.3) is 5.69 Å². The molecule has 0 unspecified atom stereocenters. The van der Waals surface area contributed by atoms with E-state index in [0.717, 1.165) is 0 Å². The van der Waals surface area contributed by atoms with Crippen LogP contribution in [0.1, 0.15) is 15.9 Å². The third-order valence-corrected chi connectivity index (χ3v) is 3.03. The topological polar surface area (TPSA) is 118 Å². The van der Waals surface area contributed by atoms with Crippen molar-refractivity contribution in [1.82, 2.24) is 4.98 Å². The van der Waals surface area contributed by atoms with Gasteiger partial charge in [-0.05, 0) is 6.07 Å². The maximum Gasteiger partial charge on any atom is 0.284 e. The highest BCUT2D eigenvalue weighted by Crippen LogP contribution is 2.38. The molecule has 1 aliphatic rings. The van der Waals surface area contributed by atoms with Crippen LogP contribution in [-0.2, 0) is 0 Å². The number of ether oxygens (including phenoxy) is 2. The van der Waals surface area contributed by atoms with Crippen molar-refractivity contribution in [2.24, 2.45) is 0 Å². The molecule has 0 radical (unpaired) electrons. The van der Waals surface area contributed by atoms with Crippen LogP contribution in [0.5, 0.6) is 11.5 Å². The summed E-state index contributed by atoms with van der Waals surface area (Å²) in [5.41, 5.74) is 5.51. The molecule has 2 aromatic rings. The number of nitrogens with zero attached hydrogens (tertiary/aromatic N) is 2. The van der Waals surface area contributed by atoms with Gasteiger partial charge in [0, 0.05) is 17.8 Å². The van der Waals surface area contributed by atoms with E-state index in [-0.39, 0.29) is 40.8 Å². The zero-order valence-corrected chi connectivity index (χ0v) is 10.6. The number of pyridine rings is 1. The highest BCUT2D eigenvalue weighted by Gasteiger charge is 2.28. The van der Waals surface area contributed by atoms with Gasteiger partial charge in [-0.1, -0.05) is 0 Å². The Bertz CT molecular complexity index is 759. The minimum atomic E-state index is -0.646. The molecule has 21 heavy (non-hydrogen) atoms. The van der Waals surface area contributed by atoms with Crippen molar-refractivity contribution in [2.75, 3.05) is 12.5 Å². The van der Waals surface area contributed by atoms with E-state index in [0.29, 0.717) is 0 Å². The number of anilines is 1. The first-order valence-corrected chi connectivity index (χ1v) is 5.90. The van der Waals surface area contributed by atoms with Crippen LogP contribution in [0.2, 0.25) is 0 Å². The Morgan fingerprint density at radius 3 is 2.67 bits per heavy atom. The molecule has 0 bridgehead atoms. The average molecular weight is 287 g/mol. The highest BCUT2D eigenvalue weighted by atomic mass is 16.7. The molecule has 106 valence electrons. The first-order valence-electron chi connectivity index (χ1n) is 5.90. The number of aromatic nitrogens is 1. The zero-order valence-electron chi connectivity index (χ0n) is 10.6. The predicted molar refractivity (Wildman–Crippen MR) is 71.3 cm³/mol. The number of ketones is 1. The summed E-state index contributed by atoms with van der Waals surface area (Å²) in [6.45, 7) is -0.0402. The Morgan fingerprint density at radius 2 is 2.00 bits per heavy atom. The zero-order chi connectivity index (χ0) is 15.0. The molecular weight excluding hydrogens is 278 g/mol. The summed E-state index contributed by atoms with van der Waals surface area (Å²) < 4.78 is 10.2. The Labute approximate surface area is 118 Å². The van der Waals surface area contributed by atoms with E-state index in [4.69, 9.17) is 15.2 Å². The normalized spacial score (nSPS) is 12.2. The van der Waals surface area contributed by atoms with Crippen LogP contribution in [0.4, 0.5) is 11.4 Å². The number of hydrogen-bond acceptors (Lipinski definition) is 7. The van der Waals surface area contributed by atoms with Crippen LogP contribution >= 0.6 is 0 Å². The number of carbonyl (C=O) groups excluding carboxylic acids is 1. The summed E-state index contributed by atoms with van der Waals surface area (Å²) in [7, 11) is 0. The van der Waals surface area contributed by atoms with Crippen LogP contribution < -0.4 is 15.2 Å². The van der Waals surface area contributed by atoms with E-state index in [9.17, 15) is 14.9 Å². The van der Waals surface area contributed by atoms with E-state index < -0.39 is 10.7 Å². The van der Waals surface area contributed by atoms with Crippen molar-refractivity contribution in [3.63, 3.8) is 0 Å². The van der Waals surface area contributed by atoms with Crippen molar-refractivity contribution in [2.45, 2.75) is 0 Å². The predicted octanol–water partition coefficient (Wildman–Crippen LogP) is 1.53. The molecule has 0 aliphatic carbocycles.